The average Bonchev–Trinajstić information content (AvgIpc) is 3.19. The van der Waals surface area contributed by atoms with Crippen molar-refractivity contribution in [2.45, 2.75) is 64.5 Å². The average molecular weight is 426 g/mol. The largest absolute Gasteiger partial charge is 0.487 e. The Hall–Kier alpha value is -2.42. The summed E-state index contributed by atoms with van der Waals surface area (Å²) >= 11 is 0. The molecule has 0 spiro atoms. The fourth-order valence-electron chi connectivity index (χ4n) is 3.74. The molecule has 0 aromatic heterocycles. The molecule has 166 valence electrons. The van der Waals surface area contributed by atoms with E-state index in [9.17, 15) is 13.6 Å². The summed E-state index contributed by atoms with van der Waals surface area (Å²) in [5, 5.41) is 3.83. The van der Waals surface area contributed by atoms with Crippen LogP contribution in [0.5, 0.6) is 11.5 Å². The van der Waals surface area contributed by atoms with E-state index >= 15 is 0 Å². The van der Waals surface area contributed by atoms with E-state index in [1.165, 1.54) is 12.3 Å². The third kappa shape index (κ3) is 6.55. The Morgan fingerprint density at radius 1 is 1.23 bits per heavy atom. The molecule has 0 bridgehead atoms. The standard InChI is InChI=1S/C21H28F2N2O5/c1-14-11-25(12-15(2)28-14)20(26)13-27-24-10-16-7-8-18(30-21(22)23)19(9-16)29-17-5-3-4-6-17/h7-10,14-15,17,21H,3-6,11-13H2,1-2H3/b24-10+/t14-,15-/m1/s1. The van der Waals surface area contributed by atoms with Gasteiger partial charge in [0.25, 0.3) is 5.91 Å². The van der Waals surface area contributed by atoms with Crippen LogP contribution in [0.4, 0.5) is 8.78 Å². The highest BCUT2D eigenvalue weighted by molar-refractivity contribution is 5.81. The Labute approximate surface area is 174 Å². The van der Waals surface area contributed by atoms with Crippen molar-refractivity contribution in [3.63, 3.8) is 0 Å². The number of hydrogen-bond donors (Lipinski definition) is 0. The first-order valence-corrected chi connectivity index (χ1v) is 10.2. The van der Waals surface area contributed by atoms with Crippen LogP contribution in [0.3, 0.4) is 0 Å². The number of morpholine rings is 1. The maximum absolute atomic E-state index is 12.7. The van der Waals surface area contributed by atoms with E-state index in [1.807, 2.05) is 13.8 Å². The van der Waals surface area contributed by atoms with Crippen LogP contribution in [0.2, 0.25) is 0 Å². The fourth-order valence-corrected chi connectivity index (χ4v) is 3.74. The van der Waals surface area contributed by atoms with Crippen molar-refractivity contribution in [3.8, 4) is 11.5 Å². The molecule has 2 aliphatic rings. The number of halogens is 2. The maximum Gasteiger partial charge on any atom is 0.387 e. The lowest BCUT2D eigenvalue weighted by Crippen LogP contribution is -2.49. The quantitative estimate of drug-likeness (QED) is 0.469. The number of amides is 1. The Bertz CT molecular complexity index is 730. The number of benzene rings is 1. The number of hydrogen-bond acceptors (Lipinski definition) is 6. The number of nitrogens with zero attached hydrogens (tertiary/aromatic N) is 2. The Balaban J connectivity index is 1.56. The molecule has 0 unspecified atom stereocenters. The van der Waals surface area contributed by atoms with E-state index in [0.717, 1.165) is 25.7 Å². The number of carbonyl (C=O) groups excluding carboxylic acids is 1. The topological polar surface area (TPSA) is 69.6 Å². The van der Waals surface area contributed by atoms with Gasteiger partial charge in [-0.05, 0) is 57.7 Å². The molecule has 0 N–H and O–H groups in total. The lowest BCUT2D eigenvalue weighted by molar-refractivity contribution is -0.147. The fraction of sp³-hybridized carbons (Fsp3) is 0.619. The van der Waals surface area contributed by atoms with Gasteiger partial charge in [-0.1, -0.05) is 5.16 Å². The summed E-state index contributed by atoms with van der Waals surface area (Å²) < 4.78 is 41.4. The SMILES string of the molecule is C[C@@H]1CN(C(=O)CO/N=C/c2ccc(OC(F)F)c(OC3CCCC3)c2)C[C@@H](C)O1. The molecule has 3 rings (SSSR count). The number of oxime groups is 1. The zero-order valence-electron chi connectivity index (χ0n) is 17.3. The van der Waals surface area contributed by atoms with E-state index in [2.05, 4.69) is 9.89 Å². The van der Waals surface area contributed by atoms with Crippen molar-refractivity contribution < 1.29 is 32.6 Å². The highest BCUT2D eigenvalue weighted by atomic mass is 19.3. The molecule has 1 aliphatic carbocycles. The van der Waals surface area contributed by atoms with E-state index in [-0.39, 0.29) is 42.3 Å². The summed E-state index contributed by atoms with van der Waals surface area (Å²) in [5.74, 6) is 0.0688. The number of alkyl halides is 2. The summed E-state index contributed by atoms with van der Waals surface area (Å²) in [6.07, 6.45) is 5.24. The minimum Gasteiger partial charge on any atom is -0.487 e. The molecule has 30 heavy (non-hydrogen) atoms. The van der Waals surface area contributed by atoms with Gasteiger partial charge in [0.2, 0.25) is 0 Å². The molecular weight excluding hydrogens is 398 g/mol. The van der Waals surface area contributed by atoms with Gasteiger partial charge in [-0.2, -0.15) is 8.78 Å². The highest BCUT2D eigenvalue weighted by Gasteiger charge is 2.26. The van der Waals surface area contributed by atoms with Gasteiger partial charge in [0, 0.05) is 18.7 Å². The molecule has 1 aliphatic heterocycles. The normalized spacial score (nSPS) is 22.6. The van der Waals surface area contributed by atoms with E-state index < -0.39 is 6.61 Å². The molecule has 7 nitrogen and oxygen atoms in total. The maximum atomic E-state index is 12.7. The first-order chi connectivity index (χ1) is 14.4. The van der Waals surface area contributed by atoms with Gasteiger partial charge in [0.05, 0.1) is 24.5 Å². The monoisotopic (exact) mass is 426 g/mol. The molecule has 1 amide bonds. The highest BCUT2D eigenvalue weighted by Crippen LogP contribution is 2.33. The lowest BCUT2D eigenvalue weighted by Gasteiger charge is -2.34. The summed E-state index contributed by atoms with van der Waals surface area (Å²) in [6.45, 7) is 1.75. The zero-order valence-corrected chi connectivity index (χ0v) is 17.3. The Morgan fingerprint density at radius 3 is 2.60 bits per heavy atom. The minimum absolute atomic E-state index is 0.00983. The third-order valence-corrected chi connectivity index (χ3v) is 5.02. The third-order valence-electron chi connectivity index (χ3n) is 5.02. The van der Waals surface area contributed by atoms with Crippen molar-refractivity contribution in [2.75, 3.05) is 19.7 Å². The molecule has 1 heterocycles. The lowest BCUT2D eigenvalue weighted by atomic mass is 10.2. The van der Waals surface area contributed by atoms with Crippen LogP contribution in [0, 0.1) is 0 Å². The Morgan fingerprint density at radius 2 is 1.93 bits per heavy atom. The first kappa shape index (κ1) is 22.3. The second-order valence-electron chi connectivity index (χ2n) is 7.67. The van der Waals surface area contributed by atoms with Crippen LogP contribution in [0.1, 0.15) is 45.1 Å². The summed E-state index contributed by atoms with van der Waals surface area (Å²) in [6, 6.07) is 4.56. The van der Waals surface area contributed by atoms with E-state index in [0.29, 0.717) is 18.7 Å². The molecule has 2 fully saturated rings. The molecule has 1 saturated heterocycles. The minimum atomic E-state index is -2.93. The van der Waals surface area contributed by atoms with Crippen LogP contribution in [0.15, 0.2) is 23.4 Å². The van der Waals surface area contributed by atoms with Crippen molar-refractivity contribution in [3.05, 3.63) is 23.8 Å². The van der Waals surface area contributed by atoms with Crippen LogP contribution in [-0.2, 0) is 14.4 Å². The van der Waals surface area contributed by atoms with Crippen LogP contribution < -0.4 is 9.47 Å². The molecule has 1 aromatic rings. The van der Waals surface area contributed by atoms with E-state index in [4.69, 9.17) is 14.3 Å². The zero-order chi connectivity index (χ0) is 21.5. The van der Waals surface area contributed by atoms with Gasteiger partial charge in [0.1, 0.15) is 0 Å². The van der Waals surface area contributed by atoms with Crippen LogP contribution >= 0.6 is 0 Å². The van der Waals surface area contributed by atoms with Gasteiger partial charge in [-0.25, -0.2) is 0 Å². The summed E-state index contributed by atoms with van der Waals surface area (Å²) in [4.78, 5) is 19.1. The summed E-state index contributed by atoms with van der Waals surface area (Å²) in [5.41, 5.74) is 0.589. The van der Waals surface area contributed by atoms with Gasteiger partial charge >= 0.3 is 6.61 Å². The van der Waals surface area contributed by atoms with Gasteiger partial charge in [0.15, 0.2) is 18.1 Å². The van der Waals surface area contributed by atoms with Gasteiger partial charge in [-0.3, -0.25) is 4.79 Å². The van der Waals surface area contributed by atoms with Crippen molar-refractivity contribution >= 4 is 12.1 Å². The van der Waals surface area contributed by atoms with Crippen LogP contribution in [-0.4, -0.2) is 61.6 Å². The van der Waals surface area contributed by atoms with Crippen molar-refractivity contribution in [1.29, 1.82) is 0 Å². The van der Waals surface area contributed by atoms with E-state index in [1.54, 1.807) is 17.0 Å². The predicted octanol–water partition coefficient (Wildman–Crippen LogP) is 3.60. The smallest absolute Gasteiger partial charge is 0.387 e. The van der Waals surface area contributed by atoms with Crippen molar-refractivity contribution in [2.24, 2.45) is 5.16 Å². The van der Waals surface area contributed by atoms with Crippen molar-refractivity contribution in [1.82, 2.24) is 4.90 Å². The first-order valence-electron chi connectivity index (χ1n) is 10.2. The second-order valence-corrected chi connectivity index (χ2v) is 7.67. The predicted molar refractivity (Wildman–Crippen MR) is 106 cm³/mol. The van der Waals surface area contributed by atoms with Crippen LogP contribution in [0.25, 0.3) is 0 Å². The molecule has 0 radical (unpaired) electrons. The molecule has 2 atom stereocenters. The number of ether oxygens (including phenoxy) is 3. The molecule has 1 saturated carbocycles. The number of carbonyl (C=O) groups is 1. The summed E-state index contributed by atoms with van der Waals surface area (Å²) in [7, 11) is 0. The van der Waals surface area contributed by atoms with Gasteiger partial charge < -0.3 is 23.9 Å². The van der Waals surface area contributed by atoms with Gasteiger partial charge in [-0.15, -0.1) is 0 Å². The Kier molecular flexibility index (Phi) is 7.84. The molecular formula is C21H28F2N2O5. The second kappa shape index (κ2) is 10.6. The molecule has 1 aromatic carbocycles. The molecule has 9 heteroatoms. The number of rotatable bonds is 8.